The van der Waals surface area contributed by atoms with E-state index in [1.165, 1.54) is 89.9 Å². The third-order valence-corrected chi connectivity index (χ3v) is 15.2. The van der Waals surface area contributed by atoms with Gasteiger partial charge in [-0.15, -0.1) is 0 Å². The van der Waals surface area contributed by atoms with Crippen molar-refractivity contribution in [1.29, 1.82) is 0 Å². The van der Waals surface area contributed by atoms with E-state index in [1.54, 1.807) is 0 Å². The van der Waals surface area contributed by atoms with E-state index in [0.717, 1.165) is 77.0 Å². The monoisotopic (exact) mass is 1120 g/mol. The number of aliphatic hydroxyl groups excluding tert-OH is 11. The molecule has 3 aliphatic rings. The lowest BCUT2D eigenvalue weighted by atomic mass is 9.96. The van der Waals surface area contributed by atoms with E-state index in [-0.39, 0.29) is 18.9 Å². The molecular weight excluding hydrogens is 1010 g/mol. The van der Waals surface area contributed by atoms with Crippen molar-refractivity contribution in [2.24, 2.45) is 0 Å². The molecule has 0 aromatic carbocycles. The summed E-state index contributed by atoms with van der Waals surface area (Å²) in [5.41, 5.74) is 0. The molecule has 12 N–H and O–H groups in total. The maximum atomic E-state index is 13.3. The van der Waals surface area contributed by atoms with Crippen molar-refractivity contribution in [1.82, 2.24) is 5.32 Å². The number of nitrogens with one attached hydrogen (secondary N) is 1. The van der Waals surface area contributed by atoms with Gasteiger partial charge in [-0.1, -0.05) is 179 Å². The summed E-state index contributed by atoms with van der Waals surface area (Å²) in [4.78, 5) is 13.3. The Balaban J connectivity index is 1.48. The quantitative estimate of drug-likeness (QED) is 0.0271. The van der Waals surface area contributed by atoms with E-state index >= 15 is 0 Å². The van der Waals surface area contributed by atoms with Gasteiger partial charge in [0.2, 0.25) is 5.91 Å². The van der Waals surface area contributed by atoms with Gasteiger partial charge in [-0.3, -0.25) is 4.79 Å². The lowest BCUT2D eigenvalue weighted by molar-refractivity contribution is -0.379. The fourth-order valence-corrected chi connectivity index (χ4v) is 10.2. The van der Waals surface area contributed by atoms with Crippen molar-refractivity contribution in [3.8, 4) is 0 Å². The molecule has 0 aromatic rings. The molecule has 17 atom stereocenters. The van der Waals surface area contributed by atoms with Crippen LogP contribution in [0.2, 0.25) is 0 Å². The highest BCUT2D eigenvalue weighted by Crippen LogP contribution is 2.33. The third-order valence-electron chi connectivity index (χ3n) is 15.2. The lowest BCUT2D eigenvalue weighted by Gasteiger charge is -2.48. The van der Waals surface area contributed by atoms with Crippen LogP contribution in [0.15, 0.2) is 36.5 Å². The van der Waals surface area contributed by atoms with Gasteiger partial charge in [-0.25, -0.2) is 0 Å². The van der Waals surface area contributed by atoms with Crippen LogP contribution in [-0.2, 0) is 33.2 Å². The zero-order valence-electron chi connectivity index (χ0n) is 47.4. The highest BCUT2D eigenvalue weighted by molar-refractivity contribution is 5.76. The molecule has 0 bridgehead atoms. The number of carbonyl (C=O) groups excluding carboxylic acids is 1. The van der Waals surface area contributed by atoms with Crippen LogP contribution in [0.5, 0.6) is 0 Å². The number of unbranched alkanes of at least 4 members (excludes halogenated alkanes) is 22. The summed E-state index contributed by atoms with van der Waals surface area (Å²) in [5.74, 6) is -0.257. The van der Waals surface area contributed by atoms with E-state index in [1.807, 2.05) is 0 Å². The van der Waals surface area contributed by atoms with Crippen LogP contribution in [0.3, 0.4) is 0 Å². The molecule has 17 unspecified atom stereocenters. The maximum Gasteiger partial charge on any atom is 0.220 e. The molecule has 19 heteroatoms. The third kappa shape index (κ3) is 26.5. The number of hydrogen-bond acceptors (Lipinski definition) is 18. The summed E-state index contributed by atoms with van der Waals surface area (Å²) in [6, 6.07) is -0.893. The summed E-state index contributed by atoms with van der Waals surface area (Å²) >= 11 is 0. The standard InChI is InChI=1S/C59H107NO18/c1-3-5-7-9-11-13-15-17-18-19-20-21-22-23-24-25-27-29-31-33-35-37-47(65)60-42(43(64)36-34-32-30-28-26-16-14-12-10-8-6-4-2)41-73-57-53(71)50(68)55(45(39-62)75-57)78-59-54(72)51(69)56(46(40-63)76-59)77-58-52(70)49(67)48(66)44(38-61)74-58/h15,17,19-20,22-23,42-46,48-59,61-64,66-72H,3-14,16,18,21,24-41H2,1-2H3,(H,60,65)/b17-15-,20-19-,23-22-. The van der Waals surface area contributed by atoms with Crippen molar-refractivity contribution in [2.75, 3.05) is 26.4 Å². The zero-order valence-corrected chi connectivity index (χ0v) is 47.4. The number of amides is 1. The van der Waals surface area contributed by atoms with E-state index in [9.17, 15) is 61.0 Å². The average molecular weight is 1120 g/mol. The highest BCUT2D eigenvalue weighted by Gasteiger charge is 2.53. The molecule has 0 spiro atoms. The Morgan fingerprint density at radius 3 is 1.32 bits per heavy atom. The summed E-state index contributed by atoms with van der Waals surface area (Å²) in [6.07, 6.45) is 18.0. The number of carbonyl (C=O) groups is 1. The number of hydrogen-bond donors (Lipinski definition) is 12. The second kappa shape index (κ2) is 42.8. The molecule has 0 radical (unpaired) electrons. The first-order valence-electron chi connectivity index (χ1n) is 30.2. The van der Waals surface area contributed by atoms with Crippen LogP contribution in [0.1, 0.15) is 200 Å². The summed E-state index contributed by atoms with van der Waals surface area (Å²) in [5, 5.41) is 120. The predicted molar refractivity (Wildman–Crippen MR) is 296 cm³/mol. The van der Waals surface area contributed by atoms with Crippen LogP contribution in [0.25, 0.3) is 0 Å². The number of allylic oxidation sites excluding steroid dienone is 6. The predicted octanol–water partition coefficient (Wildman–Crippen LogP) is 5.32. The van der Waals surface area contributed by atoms with Crippen LogP contribution in [-0.4, -0.2) is 193 Å². The summed E-state index contributed by atoms with van der Waals surface area (Å²) < 4.78 is 34.3. The minimum absolute atomic E-state index is 0.251. The topological polar surface area (TPSA) is 307 Å². The molecule has 3 aliphatic heterocycles. The first kappa shape index (κ1) is 70.3. The molecule has 3 rings (SSSR count). The average Bonchev–Trinajstić information content (AvgIpc) is 3.46. The van der Waals surface area contributed by atoms with E-state index in [4.69, 9.17) is 28.4 Å². The molecule has 78 heavy (non-hydrogen) atoms. The second-order valence-corrected chi connectivity index (χ2v) is 21.8. The number of aliphatic hydroxyl groups is 11. The Labute approximate surface area is 466 Å². The van der Waals surface area contributed by atoms with Crippen LogP contribution >= 0.6 is 0 Å². The Kier molecular flexibility index (Phi) is 38.5. The number of ether oxygens (including phenoxy) is 6. The molecule has 1 amide bonds. The minimum atomic E-state index is -1.97. The van der Waals surface area contributed by atoms with Gasteiger partial charge in [0.15, 0.2) is 18.9 Å². The fraction of sp³-hybridized carbons (Fsp3) is 0.881. The normalized spacial score (nSPS) is 30.7. The zero-order chi connectivity index (χ0) is 56.9. The van der Waals surface area contributed by atoms with Crippen LogP contribution in [0.4, 0.5) is 0 Å². The van der Waals surface area contributed by atoms with Crippen molar-refractivity contribution in [3.05, 3.63) is 36.5 Å². The highest BCUT2D eigenvalue weighted by atomic mass is 16.8. The lowest BCUT2D eigenvalue weighted by Crippen LogP contribution is -2.66. The van der Waals surface area contributed by atoms with Gasteiger partial charge in [0, 0.05) is 6.42 Å². The van der Waals surface area contributed by atoms with Gasteiger partial charge in [-0.2, -0.15) is 0 Å². The van der Waals surface area contributed by atoms with Crippen LogP contribution < -0.4 is 5.32 Å². The maximum absolute atomic E-state index is 13.3. The first-order valence-corrected chi connectivity index (χ1v) is 30.2. The second-order valence-electron chi connectivity index (χ2n) is 21.8. The van der Waals surface area contributed by atoms with E-state index < -0.39 is 124 Å². The molecule has 3 heterocycles. The molecule has 3 fully saturated rings. The SMILES string of the molecule is CCCCCCC/C=C\C/C=C\C/C=C\CCCCCCCCC(=O)NC(COC1OC(CO)C(OC2OC(CO)C(OC3OC(CO)C(O)C(O)C3O)C(O)C2O)C(O)C1O)C(O)CCCCCCCCCCCCCC. The van der Waals surface area contributed by atoms with Gasteiger partial charge < -0.3 is 89.9 Å². The summed E-state index contributed by atoms with van der Waals surface area (Å²) in [7, 11) is 0. The van der Waals surface area contributed by atoms with E-state index in [0.29, 0.717) is 12.8 Å². The molecule has 0 aliphatic carbocycles. The molecule has 0 saturated carbocycles. The van der Waals surface area contributed by atoms with Crippen molar-refractivity contribution in [3.63, 3.8) is 0 Å². The van der Waals surface area contributed by atoms with Gasteiger partial charge in [0.25, 0.3) is 0 Å². The molecule has 0 aromatic heterocycles. The van der Waals surface area contributed by atoms with Gasteiger partial charge in [0.1, 0.15) is 73.2 Å². The largest absolute Gasteiger partial charge is 0.394 e. The number of rotatable bonds is 44. The van der Waals surface area contributed by atoms with Gasteiger partial charge in [0.05, 0.1) is 38.6 Å². The van der Waals surface area contributed by atoms with Crippen LogP contribution in [0, 0.1) is 0 Å². The Bertz CT molecular complexity index is 1570. The summed E-state index contributed by atoms with van der Waals surface area (Å²) in [6.45, 7) is 1.75. The first-order chi connectivity index (χ1) is 37.8. The molecular formula is C59H107NO18. The Hall–Kier alpha value is -1.99. The molecule has 456 valence electrons. The smallest absolute Gasteiger partial charge is 0.220 e. The molecule has 3 saturated heterocycles. The Morgan fingerprint density at radius 1 is 0.462 bits per heavy atom. The van der Waals surface area contributed by atoms with Crippen molar-refractivity contribution >= 4 is 5.91 Å². The van der Waals surface area contributed by atoms with Crippen molar-refractivity contribution < 1.29 is 89.4 Å². The van der Waals surface area contributed by atoms with Gasteiger partial charge in [-0.05, 0) is 51.4 Å². The van der Waals surface area contributed by atoms with Gasteiger partial charge >= 0.3 is 0 Å². The van der Waals surface area contributed by atoms with Crippen molar-refractivity contribution in [2.45, 2.75) is 304 Å². The molecule has 19 nitrogen and oxygen atoms in total. The Morgan fingerprint density at radius 2 is 0.846 bits per heavy atom. The minimum Gasteiger partial charge on any atom is -0.394 e. The fourth-order valence-electron chi connectivity index (χ4n) is 10.2. The van der Waals surface area contributed by atoms with E-state index in [2.05, 4.69) is 55.6 Å².